The van der Waals surface area contributed by atoms with Gasteiger partial charge in [-0.2, -0.15) is 4.68 Å². The van der Waals surface area contributed by atoms with Gasteiger partial charge in [0.2, 0.25) is 6.33 Å². The number of pyridine rings is 1. The lowest BCUT2D eigenvalue weighted by Crippen LogP contribution is -2.07. The smallest absolute Gasteiger partial charge is 0.390 e. The molecule has 8 nitrogen and oxygen atoms in total. The molecule has 18 heavy (non-hydrogen) atoms. The molecule has 0 unspecified atom stereocenters. The van der Waals surface area contributed by atoms with Gasteiger partial charge in [0, 0.05) is 23.4 Å². The summed E-state index contributed by atoms with van der Waals surface area (Å²) in [6, 6.07) is 3.69. The molecule has 0 fully saturated rings. The second kappa shape index (κ2) is 5.21. The van der Waals surface area contributed by atoms with Crippen LogP contribution in [-0.4, -0.2) is 31.2 Å². The van der Waals surface area contributed by atoms with E-state index in [0.717, 1.165) is 17.9 Å². The minimum atomic E-state index is -0.620. The first-order valence-corrected chi connectivity index (χ1v) is 5.42. The molecular formula is C10H12N6O2. The van der Waals surface area contributed by atoms with E-state index in [0.29, 0.717) is 6.54 Å². The molecule has 94 valence electrons. The predicted molar refractivity (Wildman–Crippen MR) is 64.2 cm³/mol. The molecule has 2 aromatic rings. The van der Waals surface area contributed by atoms with Crippen LogP contribution in [0.1, 0.15) is 12.5 Å². The molecule has 0 amide bonds. The van der Waals surface area contributed by atoms with E-state index >= 15 is 0 Å². The van der Waals surface area contributed by atoms with Crippen LogP contribution in [0.5, 0.6) is 0 Å². The van der Waals surface area contributed by atoms with Gasteiger partial charge in [0.15, 0.2) is 0 Å². The lowest BCUT2D eigenvalue weighted by Gasteiger charge is -2.07. The Balaban J connectivity index is 2.19. The Morgan fingerprint density at radius 2 is 2.33 bits per heavy atom. The van der Waals surface area contributed by atoms with Crippen LogP contribution in [0.3, 0.4) is 0 Å². The molecule has 0 radical (unpaired) electrons. The number of anilines is 1. The lowest BCUT2D eigenvalue weighted by atomic mass is 10.2. The summed E-state index contributed by atoms with van der Waals surface area (Å²) in [5, 5.41) is 17.4. The Hall–Kier alpha value is -2.51. The number of aromatic nitrogens is 4. The van der Waals surface area contributed by atoms with Crippen LogP contribution in [0.15, 0.2) is 24.7 Å². The third-order valence-corrected chi connectivity index (χ3v) is 2.26. The molecule has 0 aliphatic heterocycles. The van der Waals surface area contributed by atoms with Crippen molar-refractivity contribution in [3.8, 4) is 0 Å². The van der Waals surface area contributed by atoms with Crippen LogP contribution in [0.2, 0.25) is 0 Å². The first-order valence-electron chi connectivity index (χ1n) is 5.42. The number of nitrogens with one attached hydrogen (secondary N) is 1. The quantitative estimate of drug-likeness (QED) is 0.627. The van der Waals surface area contributed by atoms with Crippen molar-refractivity contribution in [1.82, 2.24) is 19.7 Å². The molecule has 0 saturated heterocycles. The van der Waals surface area contributed by atoms with E-state index in [2.05, 4.69) is 20.4 Å². The second-order valence-corrected chi connectivity index (χ2v) is 3.54. The van der Waals surface area contributed by atoms with Crippen molar-refractivity contribution in [2.45, 2.75) is 13.5 Å². The second-order valence-electron chi connectivity index (χ2n) is 3.54. The zero-order valence-corrected chi connectivity index (χ0v) is 9.78. The summed E-state index contributed by atoms with van der Waals surface area (Å²) < 4.78 is 1.41. The standard InChI is InChI=1S/C10H12N6O2/c1-2-11-9-8(4-3-5-12-9)6-15-7-13-10(14-15)16(17)18/h3-5,7H,2,6H2,1H3,(H,11,12). The van der Waals surface area contributed by atoms with Crippen molar-refractivity contribution < 1.29 is 4.92 Å². The van der Waals surface area contributed by atoms with Crippen molar-refractivity contribution in [2.24, 2.45) is 0 Å². The monoisotopic (exact) mass is 248 g/mol. The van der Waals surface area contributed by atoms with Crippen molar-refractivity contribution in [1.29, 1.82) is 0 Å². The van der Waals surface area contributed by atoms with Gasteiger partial charge < -0.3 is 15.4 Å². The fraction of sp³-hybridized carbons (Fsp3) is 0.300. The molecule has 2 rings (SSSR count). The van der Waals surface area contributed by atoms with Crippen molar-refractivity contribution in [3.05, 3.63) is 40.3 Å². The van der Waals surface area contributed by atoms with Crippen LogP contribution in [0.25, 0.3) is 0 Å². The van der Waals surface area contributed by atoms with Crippen LogP contribution >= 0.6 is 0 Å². The van der Waals surface area contributed by atoms with E-state index in [9.17, 15) is 10.1 Å². The first kappa shape index (κ1) is 12.0. The van der Waals surface area contributed by atoms with Crippen molar-refractivity contribution in [3.63, 3.8) is 0 Å². The maximum absolute atomic E-state index is 10.5. The van der Waals surface area contributed by atoms with Crippen molar-refractivity contribution in [2.75, 3.05) is 11.9 Å². The van der Waals surface area contributed by atoms with Gasteiger partial charge in [0.1, 0.15) is 5.82 Å². The minimum absolute atomic E-state index is 0.386. The summed E-state index contributed by atoms with van der Waals surface area (Å²) in [4.78, 5) is 17.7. The van der Waals surface area contributed by atoms with Crippen LogP contribution in [-0.2, 0) is 6.54 Å². The molecule has 0 spiro atoms. The highest BCUT2D eigenvalue weighted by molar-refractivity contribution is 5.43. The average Bonchev–Trinajstić information content (AvgIpc) is 2.81. The highest BCUT2D eigenvalue weighted by atomic mass is 16.6. The maximum atomic E-state index is 10.5. The lowest BCUT2D eigenvalue weighted by molar-refractivity contribution is -0.394. The van der Waals surface area contributed by atoms with Crippen LogP contribution in [0, 0.1) is 10.1 Å². The number of hydrogen-bond donors (Lipinski definition) is 1. The Bertz CT molecular complexity index is 553. The Morgan fingerprint density at radius 3 is 3.00 bits per heavy atom. The number of nitrogens with zero attached hydrogens (tertiary/aromatic N) is 5. The number of hydrogen-bond acceptors (Lipinski definition) is 6. The normalized spacial score (nSPS) is 10.3. The average molecular weight is 248 g/mol. The van der Waals surface area contributed by atoms with E-state index in [4.69, 9.17) is 0 Å². The van der Waals surface area contributed by atoms with Gasteiger partial charge in [-0.05, 0) is 17.9 Å². The molecule has 0 aliphatic carbocycles. The molecule has 1 N–H and O–H groups in total. The zero-order chi connectivity index (χ0) is 13.0. The van der Waals surface area contributed by atoms with Gasteiger partial charge in [-0.15, -0.1) is 0 Å². The summed E-state index contributed by atoms with van der Waals surface area (Å²) in [6.45, 7) is 3.11. The van der Waals surface area contributed by atoms with Gasteiger partial charge in [0.05, 0.1) is 6.54 Å². The Kier molecular flexibility index (Phi) is 3.46. The fourth-order valence-corrected chi connectivity index (χ4v) is 1.51. The highest BCUT2D eigenvalue weighted by Gasteiger charge is 2.14. The molecule has 2 aromatic heterocycles. The summed E-state index contributed by atoms with van der Waals surface area (Å²) in [6.07, 6.45) is 3.02. The van der Waals surface area contributed by atoms with Gasteiger partial charge in [-0.3, -0.25) is 0 Å². The van der Waals surface area contributed by atoms with E-state index in [1.54, 1.807) is 6.20 Å². The van der Waals surface area contributed by atoms with E-state index in [-0.39, 0.29) is 0 Å². The minimum Gasteiger partial charge on any atom is -0.390 e. The third-order valence-electron chi connectivity index (χ3n) is 2.26. The largest absolute Gasteiger partial charge is 0.490 e. The van der Waals surface area contributed by atoms with E-state index in [1.807, 2.05) is 19.1 Å². The maximum Gasteiger partial charge on any atom is 0.490 e. The molecular weight excluding hydrogens is 236 g/mol. The van der Waals surface area contributed by atoms with Crippen molar-refractivity contribution >= 4 is 11.8 Å². The molecule has 0 bridgehead atoms. The van der Waals surface area contributed by atoms with Gasteiger partial charge >= 0.3 is 5.95 Å². The molecule has 0 saturated carbocycles. The number of rotatable bonds is 5. The summed E-state index contributed by atoms with van der Waals surface area (Å²) in [5.41, 5.74) is 0.902. The SMILES string of the molecule is CCNc1ncccc1Cn1cnc([N+](=O)[O-])n1. The van der Waals surface area contributed by atoms with Gasteiger partial charge in [-0.25, -0.2) is 4.98 Å². The highest BCUT2D eigenvalue weighted by Crippen LogP contribution is 2.13. The first-order chi connectivity index (χ1) is 8.70. The Labute approximate surface area is 103 Å². The summed E-state index contributed by atoms with van der Waals surface area (Å²) in [5.74, 6) is 0.349. The van der Waals surface area contributed by atoms with Crippen LogP contribution in [0.4, 0.5) is 11.8 Å². The summed E-state index contributed by atoms with van der Waals surface area (Å²) in [7, 11) is 0. The third kappa shape index (κ3) is 2.59. The number of nitro groups is 1. The molecule has 8 heteroatoms. The van der Waals surface area contributed by atoms with E-state index in [1.165, 1.54) is 11.0 Å². The van der Waals surface area contributed by atoms with Gasteiger partial charge in [0.25, 0.3) is 0 Å². The fourth-order valence-electron chi connectivity index (χ4n) is 1.51. The molecule has 0 aromatic carbocycles. The Morgan fingerprint density at radius 1 is 1.50 bits per heavy atom. The zero-order valence-electron chi connectivity index (χ0n) is 9.78. The van der Waals surface area contributed by atoms with Crippen LogP contribution < -0.4 is 5.32 Å². The topological polar surface area (TPSA) is 98.8 Å². The van der Waals surface area contributed by atoms with Gasteiger partial charge in [-0.1, -0.05) is 11.1 Å². The molecule has 2 heterocycles. The predicted octanol–water partition coefficient (Wildman–Crippen LogP) is 1.06. The summed E-state index contributed by atoms with van der Waals surface area (Å²) >= 11 is 0. The molecule has 0 aliphatic rings. The molecule has 0 atom stereocenters. The van der Waals surface area contributed by atoms with E-state index < -0.39 is 10.9 Å².